The van der Waals surface area contributed by atoms with Crippen molar-refractivity contribution in [1.29, 1.82) is 0 Å². The number of rotatable bonds is 3. The van der Waals surface area contributed by atoms with Crippen LogP contribution in [0.4, 0.5) is 5.69 Å². The summed E-state index contributed by atoms with van der Waals surface area (Å²) in [5.41, 5.74) is 1.47. The third-order valence-corrected chi connectivity index (χ3v) is 3.45. The zero-order valence-electron chi connectivity index (χ0n) is 9.36. The van der Waals surface area contributed by atoms with Crippen LogP contribution in [0.25, 0.3) is 5.70 Å². The summed E-state index contributed by atoms with van der Waals surface area (Å²) in [5, 5.41) is 11.0. The fraction of sp³-hybridized carbons (Fsp3) is 0.333. The molecule has 1 aromatic carbocycles. The molecule has 1 saturated heterocycles. The van der Waals surface area contributed by atoms with Gasteiger partial charge in [-0.15, -0.1) is 0 Å². The van der Waals surface area contributed by atoms with Gasteiger partial charge in [0.15, 0.2) is 0 Å². The van der Waals surface area contributed by atoms with Gasteiger partial charge >= 0.3 is 0 Å². The quantitative estimate of drug-likeness (QED) is 0.634. The lowest BCUT2D eigenvalue weighted by Gasteiger charge is -2.20. The summed E-state index contributed by atoms with van der Waals surface area (Å²) in [6.07, 6.45) is 2.26. The van der Waals surface area contributed by atoms with Crippen molar-refractivity contribution in [3.05, 3.63) is 44.9 Å². The average Bonchev–Trinajstić information content (AvgIpc) is 2.81. The number of likely N-dealkylation sites (tertiary alicyclic amines) is 1. The molecule has 90 valence electrons. The number of nitro groups is 1. The van der Waals surface area contributed by atoms with Crippen LogP contribution >= 0.6 is 15.9 Å². The molecule has 5 heteroatoms. The molecule has 2 rings (SSSR count). The number of nitrogens with zero attached hydrogens (tertiary/aromatic N) is 2. The van der Waals surface area contributed by atoms with E-state index in [2.05, 4.69) is 27.4 Å². The molecule has 0 unspecified atom stereocenters. The van der Waals surface area contributed by atoms with Crippen molar-refractivity contribution in [2.75, 3.05) is 13.1 Å². The maximum absolute atomic E-state index is 11.0. The van der Waals surface area contributed by atoms with Crippen LogP contribution in [0, 0.1) is 10.1 Å². The summed E-state index contributed by atoms with van der Waals surface area (Å²) < 4.78 is 0.710. The van der Waals surface area contributed by atoms with Crippen LogP contribution in [-0.2, 0) is 0 Å². The zero-order chi connectivity index (χ0) is 12.4. The highest BCUT2D eigenvalue weighted by atomic mass is 79.9. The first-order valence-corrected chi connectivity index (χ1v) is 6.27. The van der Waals surface area contributed by atoms with Crippen molar-refractivity contribution in [2.24, 2.45) is 0 Å². The van der Waals surface area contributed by atoms with E-state index in [0.717, 1.165) is 31.6 Å². The maximum atomic E-state index is 11.0. The summed E-state index contributed by atoms with van der Waals surface area (Å²) in [5.74, 6) is 0. The number of hydrogen-bond donors (Lipinski definition) is 0. The summed E-state index contributed by atoms with van der Waals surface area (Å²) in [7, 11) is 0. The first kappa shape index (κ1) is 12.1. The summed E-state index contributed by atoms with van der Waals surface area (Å²) in [6, 6.07) is 5.09. The van der Waals surface area contributed by atoms with E-state index in [1.165, 1.54) is 6.07 Å². The normalized spacial score (nSPS) is 15.0. The molecule has 1 heterocycles. The van der Waals surface area contributed by atoms with Gasteiger partial charge in [-0.3, -0.25) is 10.1 Å². The molecule has 17 heavy (non-hydrogen) atoms. The molecule has 0 aliphatic carbocycles. The second kappa shape index (κ2) is 4.87. The third kappa shape index (κ3) is 2.49. The first-order chi connectivity index (χ1) is 8.09. The first-order valence-electron chi connectivity index (χ1n) is 5.48. The van der Waals surface area contributed by atoms with Gasteiger partial charge < -0.3 is 4.90 Å². The minimum atomic E-state index is -0.360. The smallest absolute Gasteiger partial charge is 0.279 e. The highest BCUT2D eigenvalue weighted by Crippen LogP contribution is 2.31. The topological polar surface area (TPSA) is 46.4 Å². The Balaban J connectivity index is 2.36. The molecule has 0 saturated carbocycles. The van der Waals surface area contributed by atoms with Gasteiger partial charge in [0, 0.05) is 29.3 Å². The van der Waals surface area contributed by atoms with Gasteiger partial charge in [0.25, 0.3) is 5.69 Å². The number of benzene rings is 1. The molecule has 1 aromatic rings. The molecule has 0 bridgehead atoms. The van der Waals surface area contributed by atoms with Gasteiger partial charge in [-0.05, 0) is 25.0 Å². The van der Waals surface area contributed by atoms with Crippen molar-refractivity contribution in [3.63, 3.8) is 0 Å². The summed E-state index contributed by atoms with van der Waals surface area (Å²) in [4.78, 5) is 12.8. The van der Waals surface area contributed by atoms with E-state index < -0.39 is 0 Å². The van der Waals surface area contributed by atoms with E-state index in [9.17, 15) is 10.1 Å². The minimum absolute atomic E-state index is 0.108. The Labute approximate surface area is 108 Å². The Morgan fingerprint density at radius 3 is 2.65 bits per heavy atom. The van der Waals surface area contributed by atoms with E-state index in [-0.39, 0.29) is 10.6 Å². The highest BCUT2D eigenvalue weighted by molar-refractivity contribution is 9.10. The van der Waals surface area contributed by atoms with Gasteiger partial charge in [0.2, 0.25) is 0 Å². The van der Waals surface area contributed by atoms with Crippen LogP contribution in [0.2, 0.25) is 0 Å². The van der Waals surface area contributed by atoms with E-state index >= 15 is 0 Å². The van der Waals surface area contributed by atoms with Crippen molar-refractivity contribution >= 4 is 27.3 Å². The van der Waals surface area contributed by atoms with Crippen molar-refractivity contribution < 1.29 is 4.92 Å². The Kier molecular flexibility index (Phi) is 3.47. The molecule has 0 N–H and O–H groups in total. The largest absolute Gasteiger partial charge is 0.371 e. The number of halogens is 1. The Hall–Kier alpha value is -1.36. The second-order valence-electron chi connectivity index (χ2n) is 4.06. The fourth-order valence-electron chi connectivity index (χ4n) is 2.06. The van der Waals surface area contributed by atoms with Gasteiger partial charge in [-0.2, -0.15) is 0 Å². The van der Waals surface area contributed by atoms with Gasteiger partial charge in [-0.25, -0.2) is 0 Å². The maximum Gasteiger partial charge on any atom is 0.279 e. The molecular formula is C12H13BrN2O2. The summed E-state index contributed by atoms with van der Waals surface area (Å²) in [6.45, 7) is 5.86. The predicted molar refractivity (Wildman–Crippen MR) is 70.6 cm³/mol. The Bertz CT molecular complexity index is 468. The van der Waals surface area contributed by atoms with Crippen LogP contribution in [0.15, 0.2) is 29.3 Å². The Morgan fingerprint density at radius 2 is 2.06 bits per heavy atom. The third-order valence-electron chi connectivity index (χ3n) is 2.96. The summed E-state index contributed by atoms with van der Waals surface area (Å²) >= 11 is 3.25. The molecule has 1 aliphatic rings. The molecule has 1 fully saturated rings. The molecule has 0 radical (unpaired) electrons. The standard InChI is InChI=1S/C12H13BrN2O2/c1-9(14-6-2-3-7-14)11-5-4-10(13)8-12(11)15(16)17/h4-5,8H,1-3,6-7H2. The Morgan fingerprint density at radius 1 is 1.41 bits per heavy atom. The average molecular weight is 297 g/mol. The lowest BCUT2D eigenvalue weighted by molar-refractivity contribution is -0.385. The molecule has 0 spiro atoms. The van der Waals surface area contributed by atoms with Crippen LogP contribution in [0.5, 0.6) is 0 Å². The lowest BCUT2D eigenvalue weighted by Crippen LogP contribution is -2.17. The molecule has 1 aliphatic heterocycles. The molecule has 0 atom stereocenters. The monoisotopic (exact) mass is 296 g/mol. The van der Waals surface area contributed by atoms with E-state index in [1.54, 1.807) is 6.07 Å². The second-order valence-corrected chi connectivity index (χ2v) is 4.98. The van der Waals surface area contributed by atoms with Crippen LogP contribution in [0.1, 0.15) is 18.4 Å². The van der Waals surface area contributed by atoms with E-state index in [0.29, 0.717) is 10.0 Å². The van der Waals surface area contributed by atoms with Gasteiger partial charge in [0.05, 0.1) is 10.5 Å². The molecule has 0 amide bonds. The predicted octanol–water partition coefficient (Wildman–Crippen LogP) is 3.42. The van der Waals surface area contributed by atoms with E-state index in [1.807, 2.05) is 6.07 Å². The van der Waals surface area contributed by atoms with Crippen LogP contribution < -0.4 is 0 Å². The number of nitro benzene ring substituents is 1. The van der Waals surface area contributed by atoms with Gasteiger partial charge in [-0.1, -0.05) is 22.5 Å². The van der Waals surface area contributed by atoms with Crippen molar-refractivity contribution in [3.8, 4) is 0 Å². The van der Waals surface area contributed by atoms with Crippen LogP contribution in [-0.4, -0.2) is 22.9 Å². The van der Waals surface area contributed by atoms with Crippen molar-refractivity contribution in [2.45, 2.75) is 12.8 Å². The SMILES string of the molecule is C=C(c1ccc(Br)cc1[N+](=O)[O-])N1CCCC1. The van der Waals surface area contributed by atoms with Crippen molar-refractivity contribution in [1.82, 2.24) is 4.90 Å². The van der Waals surface area contributed by atoms with Gasteiger partial charge in [0.1, 0.15) is 0 Å². The molecule has 0 aromatic heterocycles. The zero-order valence-corrected chi connectivity index (χ0v) is 10.9. The van der Waals surface area contributed by atoms with Crippen LogP contribution in [0.3, 0.4) is 0 Å². The fourth-order valence-corrected chi connectivity index (χ4v) is 2.41. The molecule has 4 nitrogen and oxygen atoms in total. The lowest BCUT2D eigenvalue weighted by atomic mass is 10.1. The minimum Gasteiger partial charge on any atom is -0.371 e. The molecular weight excluding hydrogens is 284 g/mol. The number of hydrogen-bond acceptors (Lipinski definition) is 3. The highest BCUT2D eigenvalue weighted by Gasteiger charge is 2.21. The van der Waals surface area contributed by atoms with E-state index in [4.69, 9.17) is 0 Å².